The summed E-state index contributed by atoms with van der Waals surface area (Å²) in [6, 6.07) is 7.41. The number of hydrogen-bond acceptors (Lipinski definition) is 3. The van der Waals surface area contributed by atoms with Crippen molar-refractivity contribution in [1.29, 1.82) is 0 Å². The van der Waals surface area contributed by atoms with Gasteiger partial charge in [0, 0.05) is 17.5 Å². The number of rotatable bonds is 7. The molecule has 0 fully saturated rings. The van der Waals surface area contributed by atoms with E-state index in [0.29, 0.717) is 15.8 Å². The van der Waals surface area contributed by atoms with Crippen molar-refractivity contribution in [2.75, 3.05) is 6.61 Å². The Bertz CT molecular complexity index is 781. The van der Waals surface area contributed by atoms with E-state index in [-0.39, 0.29) is 33.8 Å². The summed E-state index contributed by atoms with van der Waals surface area (Å²) in [6.45, 7) is 0.0276. The Hall–Kier alpha value is -1.04. The van der Waals surface area contributed by atoms with E-state index >= 15 is 0 Å². The van der Waals surface area contributed by atoms with E-state index < -0.39 is 12.1 Å². The van der Waals surface area contributed by atoms with Crippen molar-refractivity contribution in [3.05, 3.63) is 55.4 Å². The van der Waals surface area contributed by atoms with Crippen molar-refractivity contribution in [3.63, 3.8) is 0 Å². The fraction of sp³-hybridized carbons (Fsp3) is 0.188. The van der Waals surface area contributed by atoms with Gasteiger partial charge in [0.1, 0.15) is 11.5 Å². The van der Waals surface area contributed by atoms with Gasteiger partial charge in [-0.2, -0.15) is 0 Å². The maximum absolute atomic E-state index is 11.4. The topological polar surface area (TPSA) is 55.8 Å². The van der Waals surface area contributed by atoms with Gasteiger partial charge < -0.3 is 14.6 Å². The highest BCUT2D eigenvalue weighted by atomic mass is 35.5. The largest absolute Gasteiger partial charge is 0.492 e. The summed E-state index contributed by atoms with van der Waals surface area (Å²) in [4.78, 5) is 11.4. The summed E-state index contributed by atoms with van der Waals surface area (Å²) in [5.74, 6) is -0.648. The van der Waals surface area contributed by atoms with Crippen molar-refractivity contribution < 1.29 is 19.4 Å². The first-order valence-electron chi connectivity index (χ1n) is 6.89. The molecule has 9 heteroatoms. The van der Waals surface area contributed by atoms with Gasteiger partial charge in [-0.1, -0.05) is 58.0 Å². The van der Waals surface area contributed by atoms with Crippen LogP contribution >= 0.6 is 58.0 Å². The molecule has 2 rings (SSSR count). The molecule has 1 unspecified atom stereocenters. The standard InChI is InChI=1S/C16H11Cl5O4/c17-8-1-2-13(11(20)5-8)25-14(16(22)23)3-4-24-15-7-10(19)9(18)6-12(15)21/h1-2,5-7,14H,3-4H2,(H,22,23). The first kappa shape index (κ1) is 20.3. The number of halogens is 5. The minimum absolute atomic E-state index is 0.0276. The first-order valence-corrected chi connectivity index (χ1v) is 8.78. The van der Waals surface area contributed by atoms with Crippen LogP contribution in [0.5, 0.6) is 11.5 Å². The summed E-state index contributed by atoms with van der Waals surface area (Å²) in [6.07, 6.45) is -1.12. The molecule has 0 aliphatic rings. The molecule has 0 amide bonds. The number of hydrogen-bond donors (Lipinski definition) is 1. The van der Waals surface area contributed by atoms with Crippen LogP contribution in [-0.4, -0.2) is 23.8 Å². The van der Waals surface area contributed by atoms with Gasteiger partial charge in [0.25, 0.3) is 0 Å². The summed E-state index contributed by atoms with van der Waals surface area (Å²) < 4.78 is 10.9. The van der Waals surface area contributed by atoms with E-state index in [1.807, 2.05) is 0 Å². The SMILES string of the molecule is O=C(O)C(CCOc1cc(Cl)c(Cl)cc1Cl)Oc1ccc(Cl)cc1Cl. The Kier molecular flexibility index (Phi) is 7.35. The van der Waals surface area contributed by atoms with Gasteiger partial charge >= 0.3 is 5.97 Å². The highest BCUT2D eigenvalue weighted by molar-refractivity contribution is 6.43. The molecule has 25 heavy (non-hydrogen) atoms. The molecule has 0 bridgehead atoms. The van der Waals surface area contributed by atoms with Gasteiger partial charge in [-0.25, -0.2) is 4.79 Å². The Balaban J connectivity index is 2.00. The number of ether oxygens (including phenoxy) is 2. The lowest BCUT2D eigenvalue weighted by molar-refractivity contribution is -0.145. The molecular formula is C16H11Cl5O4. The molecule has 0 aliphatic carbocycles. The van der Waals surface area contributed by atoms with E-state index in [2.05, 4.69) is 0 Å². The van der Waals surface area contributed by atoms with E-state index in [1.165, 1.54) is 24.3 Å². The number of carboxylic acids is 1. The smallest absolute Gasteiger partial charge is 0.345 e. The second kappa shape index (κ2) is 9.06. The Morgan fingerprint density at radius 2 is 1.56 bits per heavy atom. The minimum atomic E-state index is -1.17. The first-order chi connectivity index (χ1) is 11.8. The third kappa shape index (κ3) is 5.73. The number of carboxylic acid groups (broad SMARTS) is 1. The summed E-state index contributed by atoms with van der Waals surface area (Å²) in [5, 5.41) is 10.8. The maximum Gasteiger partial charge on any atom is 0.345 e. The fourth-order valence-corrected chi connectivity index (χ4v) is 2.89. The molecule has 134 valence electrons. The summed E-state index contributed by atoms with van der Waals surface area (Å²) >= 11 is 29.5. The molecule has 1 atom stereocenters. The Morgan fingerprint density at radius 3 is 2.20 bits per heavy atom. The van der Waals surface area contributed by atoms with Crippen molar-refractivity contribution >= 4 is 64.0 Å². The molecule has 0 saturated heterocycles. The van der Waals surface area contributed by atoms with Gasteiger partial charge in [-0.05, 0) is 24.3 Å². The number of aliphatic carboxylic acids is 1. The lowest BCUT2D eigenvalue weighted by atomic mass is 10.2. The summed E-state index contributed by atoms with van der Waals surface area (Å²) in [5.41, 5.74) is 0. The van der Waals surface area contributed by atoms with Gasteiger partial charge in [0.05, 0.1) is 26.7 Å². The number of carbonyl (C=O) groups is 1. The van der Waals surface area contributed by atoms with Crippen LogP contribution < -0.4 is 9.47 Å². The average molecular weight is 445 g/mol. The summed E-state index contributed by atoms with van der Waals surface area (Å²) in [7, 11) is 0. The van der Waals surface area contributed by atoms with Gasteiger partial charge in [0.2, 0.25) is 0 Å². The van der Waals surface area contributed by atoms with Gasteiger partial charge in [-0.3, -0.25) is 0 Å². The average Bonchev–Trinajstić information content (AvgIpc) is 2.53. The molecular weight excluding hydrogens is 433 g/mol. The molecule has 0 saturated carbocycles. The Morgan fingerprint density at radius 1 is 0.920 bits per heavy atom. The van der Waals surface area contributed by atoms with Crippen LogP contribution in [0.25, 0.3) is 0 Å². The second-order valence-electron chi connectivity index (χ2n) is 4.85. The number of benzene rings is 2. The lowest BCUT2D eigenvalue weighted by Crippen LogP contribution is -2.29. The normalized spacial score (nSPS) is 11.9. The predicted octanol–water partition coefficient (Wildman–Crippen LogP) is 6.25. The monoisotopic (exact) mass is 442 g/mol. The lowest BCUT2D eigenvalue weighted by Gasteiger charge is -2.17. The molecule has 4 nitrogen and oxygen atoms in total. The van der Waals surface area contributed by atoms with Crippen LogP contribution in [-0.2, 0) is 4.79 Å². The van der Waals surface area contributed by atoms with Gasteiger partial charge in [-0.15, -0.1) is 0 Å². The van der Waals surface area contributed by atoms with Crippen molar-refractivity contribution in [1.82, 2.24) is 0 Å². The minimum Gasteiger partial charge on any atom is -0.492 e. The van der Waals surface area contributed by atoms with Crippen LogP contribution in [0.3, 0.4) is 0 Å². The fourth-order valence-electron chi connectivity index (χ4n) is 1.85. The Labute approximate surface area is 169 Å². The zero-order chi connectivity index (χ0) is 18.6. The van der Waals surface area contributed by atoms with Crippen LogP contribution in [0.4, 0.5) is 0 Å². The van der Waals surface area contributed by atoms with Gasteiger partial charge in [0.15, 0.2) is 6.10 Å². The van der Waals surface area contributed by atoms with E-state index in [4.69, 9.17) is 67.5 Å². The van der Waals surface area contributed by atoms with Crippen LogP contribution in [0.1, 0.15) is 6.42 Å². The predicted molar refractivity (Wildman–Crippen MR) is 100 cm³/mol. The van der Waals surface area contributed by atoms with Crippen molar-refractivity contribution in [3.8, 4) is 11.5 Å². The van der Waals surface area contributed by atoms with E-state index in [1.54, 1.807) is 6.07 Å². The quantitative estimate of drug-likeness (QED) is 0.513. The highest BCUT2D eigenvalue weighted by Crippen LogP contribution is 2.34. The highest BCUT2D eigenvalue weighted by Gasteiger charge is 2.21. The second-order valence-corrected chi connectivity index (χ2v) is 6.92. The zero-order valence-corrected chi connectivity index (χ0v) is 16.2. The molecule has 2 aromatic rings. The molecule has 0 heterocycles. The van der Waals surface area contributed by atoms with Crippen LogP contribution in [0.2, 0.25) is 25.1 Å². The van der Waals surface area contributed by atoms with Crippen molar-refractivity contribution in [2.45, 2.75) is 12.5 Å². The molecule has 1 N–H and O–H groups in total. The zero-order valence-electron chi connectivity index (χ0n) is 12.4. The van der Waals surface area contributed by atoms with E-state index in [9.17, 15) is 9.90 Å². The molecule has 0 radical (unpaired) electrons. The maximum atomic E-state index is 11.4. The third-order valence-corrected chi connectivity index (χ3v) is 4.60. The third-order valence-electron chi connectivity index (χ3n) is 3.05. The molecule has 0 aliphatic heterocycles. The molecule has 0 aromatic heterocycles. The van der Waals surface area contributed by atoms with Crippen LogP contribution in [0, 0.1) is 0 Å². The van der Waals surface area contributed by atoms with E-state index in [0.717, 1.165) is 0 Å². The molecule has 0 spiro atoms. The van der Waals surface area contributed by atoms with Crippen LogP contribution in [0.15, 0.2) is 30.3 Å². The van der Waals surface area contributed by atoms with Crippen molar-refractivity contribution in [2.24, 2.45) is 0 Å². The molecule has 2 aromatic carbocycles.